The number of carbonyl (C=O) groups is 2. The van der Waals surface area contributed by atoms with Crippen LogP contribution in [-0.4, -0.2) is 63.2 Å². The van der Waals surface area contributed by atoms with Crippen molar-refractivity contribution in [2.75, 3.05) is 26.5 Å². The van der Waals surface area contributed by atoms with E-state index in [1.54, 1.807) is 29.2 Å². The summed E-state index contributed by atoms with van der Waals surface area (Å²) < 4.78 is 29.1. The van der Waals surface area contributed by atoms with Crippen LogP contribution in [-0.2, 0) is 32.2 Å². The van der Waals surface area contributed by atoms with Gasteiger partial charge in [0, 0.05) is 27.1 Å². The summed E-state index contributed by atoms with van der Waals surface area (Å²) in [4.78, 5) is 27.5. The number of fused-ring (bicyclic) bond motifs is 1. The van der Waals surface area contributed by atoms with E-state index < -0.39 is 19.6 Å². The van der Waals surface area contributed by atoms with E-state index in [0.29, 0.717) is 37.6 Å². The lowest BCUT2D eigenvalue weighted by Crippen LogP contribution is -2.48. The molecular weight excluding hydrogens is 647 g/mol. The Balaban J connectivity index is 1.17. The second-order valence-corrected chi connectivity index (χ2v) is 20.8. The molecule has 0 aliphatic carbocycles. The van der Waals surface area contributed by atoms with Gasteiger partial charge in [-0.2, -0.15) is 0 Å². The molecule has 2 unspecified atom stereocenters. The molecule has 1 heterocycles. The largest absolute Gasteiger partial charge is 0.468 e. The van der Waals surface area contributed by atoms with Gasteiger partial charge in [-0.1, -0.05) is 80.3 Å². The maximum atomic E-state index is 13.0. The summed E-state index contributed by atoms with van der Waals surface area (Å²) in [6.45, 7) is 15.0. The highest BCUT2D eigenvalue weighted by Crippen LogP contribution is 2.32. The van der Waals surface area contributed by atoms with Crippen molar-refractivity contribution in [3.8, 4) is 5.75 Å². The molecule has 1 saturated heterocycles. The molecular formula is C41H51NO7Si. The zero-order chi connectivity index (χ0) is 35.7. The van der Waals surface area contributed by atoms with E-state index in [1.807, 2.05) is 45.0 Å². The van der Waals surface area contributed by atoms with Gasteiger partial charge >= 0.3 is 12.1 Å². The van der Waals surface area contributed by atoms with E-state index in [1.165, 1.54) is 10.8 Å². The van der Waals surface area contributed by atoms with Gasteiger partial charge in [0.25, 0.3) is 0 Å². The van der Waals surface area contributed by atoms with Gasteiger partial charge in [-0.25, -0.2) is 9.59 Å². The van der Waals surface area contributed by atoms with Gasteiger partial charge in [0.1, 0.15) is 18.0 Å². The Bertz CT molecular complexity index is 1710. The van der Waals surface area contributed by atoms with Crippen molar-refractivity contribution < 1.29 is 33.3 Å². The first kappa shape index (κ1) is 37.1. The molecule has 0 bridgehead atoms. The number of benzene rings is 4. The van der Waals surface area contributed by atoms with Crippen molar-refractivity contribution in [3.05, 3.63) is 113 Å². The van der Waals surface area contributed by atoms with Crippen LogP contribution in [0.2, 0.25) is 25.7 Å². The van der Waals surface area contributed by atoms with Crippen molar-refractivity contribution in [2.45, 2.75) is 83.7 Å². The lowest BCUT2D eigenvalue weighted by molar-refractivity contribution is -0.0359. The van der Waals surface area contributed by atoms with E-state index >= 15 is 0 Å². The molecule has 4 aromatic carbocycles. The summed E-state index contributed by atoms with van der Waals surface area (Å²) in [6.07, 6.45) is 0.187. The van der Waals surface area contributed by atoms with Crippen molar-refractivity contribution >= 4 is 30.9 Å². The number of nitrogens with zero attached hydrogens (tertiary/aromatic N) is 1. The predicted octanol–water partition coefficient (Wildman–Crippen LogP) is 9.20. The number of piperidine rings is 1. The number of carbonyl (C=O) groups excluding carboxylic acids is 2. The minimum atomic E-state index is -1.14. The molecule has 1 amide bonds. The average molecular weight is 698 g/mol. The Morgan fingerprint density at radius 1 is 0.840 bits per heavy atom. The van der Waals surface area contributed by atoms with E-state index in [-0.39, 0.29) is 31.5 Å². The fourth-order valence-electron chi connectivity index (χ4n) is 5.82. The summed E-state index contributed by atoms with van der Waals surface area (Å²) in [7, 11) is -1.14. The third-order valence-corrected chi connectivity index (χ3v) is 10.4. The van der Waals surface area contributed by atoms with Crippen LogP contribution in [0.4, 0.5) is 4.79 Å². The first-order valence-electron chi connectivity index (χ1n) is 17.5. The van der Waals surface area contributed by atoms with Crippen molar-refractivity contribution in [1.82, 2.24) is 4.90 Å². The molecule has 2 atom stereocenters. The fourth-order valence-corrected chi connectivity index (χ4v) is 6.58. The molecule has 0 spiro atoms. The van der Waals surface area contributed by atoms with Gasteiger partial charge < -0.3 is 28.6 Å². The molecule has 0 saturated carbocycles. The van der Waals surface area contributed by atoms with Crippen LogP contribution >= 0.6 is 0 Å². The van der Waals surface area contributed by atoms with Gasteiger partial charge in [0.2, 0.25) is 0 Å². The summed E-state index contributed by atoms with van der Waals surface area (Å²) in [6, 6.07) is 30.7. The maximum absolute atomic E-state index is 13.0. The standard InChI is InChI=1S/C41H51NO7Si/c1-41(2,3)49-40(44)42-22-21-37(38(26-42)46-28-31-13-14-32-9-7-8-10-35(32)25-31)33-15-11-30(12-16-33)27-47-39(43)34-17-19-36(20-18-34)48-29-45-23-24-50(4,5)6/h7-20,25,37-38H,21-24,26-29H2,1-6H3. The Kier molecular flexibility index (Phi) is 12.4. The van der Waals surface area contributed by atoms with E-state index in [4.69, 9.17) is 23.7 Å². The third kappa shape index (κ3) is 11.2. The van der Waals surface area contributed by atoms with Crippen LogP contribution < -0.4 is 4.74 Å². The fraction of sp³-hybridized carbons (Fsp3) is 0.415. The molecule has 266 valence electrons. The summed E-state index contributed by atoms with van der Waals surface area (Å²) in [5.41, 5.74) is 2.97. The molecule has 50 heavy (non-hydrogen) atoms. The number of amides is 1. The lowest BCUT2D eigenvalue weighted by atomic mass is 9.86. The lowest BCUT2D eigenvalue weighted by Gasteiger charge is -2.39. The third-order valence-electron chi connectivity index (χ3n) is 8.66. The monoisotopic (exact) mass is 697 g/mol. The highest BCUT2D eigenvalue weighted by atomic mass is 28.3. The van der Waals surface area contributed by atoms with Gasteiger partial charge in [-0.05, 0) is 91.0 Å². The van der Waals surface area contributed by atoms with Crippen LogP contribution in [0.3, 0.4) is 0 Å². The number of hydrogen-bond acceptors (Lipinski definition) is 7. The van der Waals surface area contributed by atoms with Gasteiger partial charge in [0.05, 0.1) is 24.8 Å². The Hall–Kier alpha value is -4.18. The molecule has 9 heteroatoms. The topological polar surface area (TPSA) is 83.5 Å². The van der Waals surface area contributed by atoms with Gasteiger partial charge in [-0.3, -0.25) is 0 Å². The van der Waals surface area contributed by atoms with Crippen LogP contribution in [0.15, 0.2) is 91.0 Å². The number of rotatable bonds is 13. The highest BCUT2D eigenvalue weighted by Gasteiger charge is 2.35. The van der Waals surface area contributed by atoms with Crippen LogP contribution in [0, 0.1) is 0 Å². The molecule has 4 aromatic rings. The predicted molar refractivity (Wildman–Crippen MR) is 199 cm³/mol. The smallest absolute Gasteiger partial charge is 0.410 e. The summed E-state index contributed by atoms with van der Waals surface area (Å²) in [5.74, 6) is 0.322. The molecule has 1 aliphatic heterocycles. The zero-order valence-corrected chi connectivity index (χ0v) is 31.3. The van der Waals surface area contributed by atoms with Crippen LogP contribution in [0.25, 0.3) is 10.8 Å². The van der Waals surface area contributed by atoms with E-state index in [2.05, 4.69) is 62.1 Å². The molecule has 8 nitrogen and oxygen atoms in total. The molecule has 0 radical (unpaired) electrons. The molecule has 5 rings (SSSR count). The Morgan fingerprint density at radius 3 is 2.24 bits per heavy atom. The van der Waals surface area contributed by atoms with Crippen molar-refractivity contribution in [2.24, 2.45) is 0 Å². The van der Waals surface area contributed by atoms with E-state index in [9.17, 15) is 9.59 Å². The average Bonchev–Trinajstić information content (AvgIpc) is 3.08. The minimum absolute atomic E-state index is 0.0808. The van der Waals surface area contributed by atoms with Crippen LogP contribution in [0.1, 0.15) is 60.2 Å². The summed E-state index contributed by atoms with van der Waals surface area (Å²) in [5, 5.41) is 2.35. The number of esters is 1. The first-order valence-corrected chi connectivity index (χ1v) is 21.2. The SMILES string of the molecule is CC(C)(C)OC(=O)N1CCC(c2ccc(COC(=O)c3ccc(OCOCC[Si](C)(C)C)cc3)cc2)C(OCc2ccc3ccccc3c2)C1. The first-order chi connectivity index (χ1) is 23.8. The zero-order valence-electron chi connectivity index (χ0n) is 30.3. The minimum Gasteiger partial charge on any atom is -0.468 e. The second-order valence-electron chi connectivity index (χ2n) is 15.2. The Labute approximate surface area is 297 Å². The number of likely N-dealkylation sites (tertiary alicyclic amines) is 1. The quantitative estimate of drug-likeness (QED) is 0.0596. The highest BCUT2D eigenvalue weighted by molar-refractivity contribution is 6.76. The van der Waals surface area contributed by atoms with Crippen molar-refractivity contribution in [1.29, 1.82) is 0 Å². The maximum Gasteiger partial charge on any atom is 0.410 e. The molecule has 1 fully saturated rings. The molecule has 1 aliphatic rings. The van der Waals surface area contributed by atoms with Crippen molar-refractivity contribution in [3.63, 3.8) is 0 Å². The van der Waals surface area contributed by atoms with Gasteiger partial charge in [0.15, 0.2) is 6.79 Å². The van der Waals surface area contributed by atoms with Crippen LogP contribution in [0.5, 0.6) is 5.75 Å². The van der Waals surface area contributed by atoms with Gasteiger partial charge in [-0.15, -0.1) is 0 Å². The Morgan fingerprint density at radius 2 is 1.54 bits per heavy atom. The van der Waals surface area contributed by atoms with E-state index in [0.717, 1.165) is 29.2 Å². The second kappa shape index (κ2) is 16.7. The number of ether oxygens (including phenoxy) is 5. The normalized spacial score (nSPS) is 16.6. The summed E-state index contributed by atoms with van der Waals surface area (Å²) >= 11 is 0. The number of hydrogen-bond donors (Lipinski definition) is 0. The molecule has 0 N–H and O–H groups in total. The molecule has 0 aromatic heterocycles.